The van der Waals surface area contributed by atoms with E-state index < -0.39 is 207 Å². The molecule has 17 N–H and O–H groups in total. The van der Waals surface area contributed by atoms with E-state index in [4.69, 9.17) is 40.1 Å². The molecule has 9 atom stereocenters. The Morgan fingerprint density at radius 3 is 1.80 bits per heavy atom. The third-order valence-electron chi connectivity index (χ3n) is 17.9. The van der Waals surface area contributed by atoms with Crippen molar-refractivity contribution in [3.05, 3.63) is 108 Å². The number of carboxylic acid groups (broad SMARTS) is 7. The van der Waals surface area contributed by atoms with Crippen LogP contribution in [0.2, 0.25) is 0 Å². The molecule has 9 unspecified atom stereocenters. The molecule has 8 heterocycles. The van der Waals surface area contributed by atoms with E-state index in [2.05, 4.69) is 34.4 Å². The van der Waals surface area contributed by atoms with Crippen LogP contribution in [0.3, 0.4) is 0 Å². The number of rotatable bonds is 39. The number of phosphoric acid groups is 3. The molecule has 0 aromatic carbocycles. The number of carbonyl (C=O) groups is 10. The van der Waals surface area contributed by atoms with Gasteiger partial charge in [0.15, 0.2) is 22.8 Å². The zero-order chi connectivity index (χ0) is 80.6. The van der Waals surface area contributed by atoms with Gasteiger partial charge in [-0.25, -0.2) is 28.6 Å². The predicted octanol–water partition coefficient (Wildman–Crippen LogP) is 1.30. The molecule has 47 heteroatoms. The Hall–Kier alpha value is -8.77. The number of carbonyl (C=O) groups excluding carboxylic acids is 3. The predicted molar refractivity (Wildman–Crippen MR) is 372 cm³/mol. The van der Waals surface area contributed by atoms with Crippen LogP contribution in [-0.2, 0) is 127 Å². The van der Waals surface area contributed by atoms with Crippen molar-refractivity contribution >= 4 is 129 Å². The summed E-state index contributed by atoms with van der Waals surface area (Å²) in [7, 11) is -16.9. The standard InChI is InChI=1S/C63H76N11O31P3S.Fe/c1-61(2,26-102-108(99,100)105-107(97,98)101-25-41-55(104-106(94,95)96)54(91)60(103-41)74-28-69-53-57(64)67-27-68-58(53)74)56(92)59(93)66-14-13-44(75)65-15-16-109-52(90)24-63(4)33(7-11-47(80)81)39-20-37-31(17-49(84)85)29(5-9-45(76)77)35(70-37)19-36-30(6-10-46(78)79)32(18-50(86)87)38(71-36)21-42-62(3,23-51(88)89)34(8-12-48(82)83)40(73-42)22-43(63)72-39;/h19-22,27-28,41,54-56,60,91-92H,5-18,23-26H2,1-4H3,(H,65,75)(H,66,93)(H,76,77)(H,78,79)(H,80,81)(H,82,83)(H,84,85)(H,86,87)(H,88,89)(H,97,98)(H,99,100)(H2,64,67,68)(H2,94,95,96);/q-4;+4/b35-19?,37-20-,42-21+,43-22-;. The fourth-order valence-corrected chi connectivity index (χ4v) is 16.3. The summed E-state index contributed by atoms with van der Waals surface area (Å²) in [5, 5.41) is 107. The minimum atomic E-state index is -5.73. The molecule has 1 saturated heterocycles. The number of fused-ring (bicyclic) bond motifs is 9. The number of allylic oxidation sites excluding steroid dienone is 4. The molecule has 4 aliphatic heterocycles. The zero-order valence-corrected chi connectivity index (χ0v) is 63.1. The fourth-order valence-electron chi connectivity index (χ4n) is 12.6. The average molecular weight is 1660 g/mol. The van der Waals surface area contributed by atoms with Crippen LogP contribution >= 0.6 is 35.2 Å². The molecule has 598 valence electrons. The Kier molecular flexibility index (Phi) is 29.1. The summed E-state index contributed by atoms with van der Waals surface area (Å²) < 4.78 is 63.2. The van der Waals surface area contributed by atoms with Crippen molar-refractivity contribution in [3.8, 4) is 0 Å². The van der Waals surface area contributed by atoms with Crippen molar-refractivity contribution < 1.29 is 167 Å². The zero-order valence-electron chi connectivity index (χ0n) is 58.5. The van der Waals surface area contributed by atoms with Gasteiger partial charge in [0.1, 0.15) is 36.3 Å². The second kappa shape index (κ2) is 36.1. The van der Waals surface area contributed by atoms with Gasteiger partial charge in [0.2, 0.25) is 11.8 Å². The summed E-state index contributed by atoms with van der Waals surface area (Å²) >= 11 is 0.689. The number of thioether (sulfide) groups is 1. The first-order valence-corrected chi connectivity index (χ1v) is 38.3. The van der Waals surface area contributed by atoms with Crippen LogP contribution < -0.4 is 37.0 Å². The second-order valence-corrected chi connectivity index (χ2v) is 31.8. The van der Waals surface area contributed by atoms with Crippen molar-refractivity contribution in [3.63, 3.8) is 0 Å². The number of imidazole rings is 1. The van der Waals surface area contributed by atoms with Crippen LogP contribution in [0, 0.1) is 16.2 Å². The van der Waals surface area contributed by atoms with Gasteiger partial charge in [-0.05, 0) is 42.2 Å². The number of hydrogen-bond donors (Lipinski definition) is 16. The first-order chi connectivity index (χ1) is 50.8. The molecule has 0 aliphatic carbocycles. The topological polar surface area (TPSA) is 681 Å². The molecule has 0 radical (unpaired) electrons. The van der Waals surface area contributed by atoms with Crippen molar-refractivity contribution in [1.82, 2.24) is 40.1 Å². The van der Waals surface area contributed by atoms with Gasteiger partial charge in [-0.1, -0.05) is 86.0 Å². The molecule has 2 amide bonds. The van der Waals surface area contributed by atoms with E-state index >= 15 is 0 Å². The maximum Gasteiger partial charge on any atom is 4.00 e. The number of amides is 2. The summed E-state index contributed by atoms with van der Waals surface area (Å²) in [5.41, 5.74) is 0.298. The minimum absolute atomic E-state index is 0. The number of aliphatic hydroxyl groups excluding tert-OH is 2. The van der Waals surface area contributed by atoms with Gasteiger partial charge < -0.3 is 107 Å². The number of anilines is 1. The van der Waals surface area contributed by atoms with E-state index in [-0.39, 0.29) is 150 Å². The van der Waals surface area contributed by atoms with E-state index in [0.717, 1.165) is 31.1 Å². The Balaban J connectivity index is 0.0000168. The number of nitrogens with zero attached hydrogens (tertiary/aromatic N) is 8. The Morgan fingerprint density at radius 2 is 1.21 bits per heavy atom. The van der Waals surface area contributed by atoms with Crippen LogP contribution in [0.25, 0.3) is 40.0 Å². The van der Waals surface area contributed by atoms with E-state index in [1.54, 1.807) is 0 Å². The molecule has 0 saturated carbocycles. The van der Waals surface area contributed by atoms with Gasteiger partial charge in [-0.2, -0.15) is 15.7 Å². The molecule has 8 bridgehead atoms. The van der Waals surface area contributed by atoms with Gasteiger partial charge in [-0.3, -0.25) is 66.1 Å². The normalized spacial score (nSPS) is 22.3. The van der Waals surface area contributed by atoms with Crippen molar-refractivity contribution in [2.45, 2.75) is 142 Å². The third kappa shape index (κ3) is 22.3. The molecule has 4 aromatic rings. The number of phosphoric ester groups is 3. The van der Waals surface area contributed by atoms with Gasteiger partial charge >= 0.3 is 82.3 Å². The molecule has 1 fully saturated rings. The van der Waals surface area contributed by atoms with E-state index in [1.165, 1.54) is 38.2 Å². The first-order valence-electron chi connectivity index (χ1n) is 32.8. The smallest absolute Gasteiger partial charge is 0.661 e. The first kappa shape index (κ1) is 88.4. The number of nitrogens with one attached hydrogen (secondary N) is 2. The van der Waals surface area contributed by atoms with Gasteiger partial charge in [0.05, 0.1) is 38.8 Å². The fraction of sp³-hybridized carbons (Fsp3) is 0.476. The third-order valence-corrected chi connectivity index (χ3v) is 21.9. The number of carboxylic acids is 7. The molecule has 4 aromatic heterocycles. The maximum atomic E-state index is 14.5. The van der Waals surface area contributed by atoms with Crippen LogP contribution in [0.4, 0.5) is 5.82 Å². The molecular weight excluding hydrogens is 1590 g/mol. The average Bonchev–Trinajstić information content (AvgIpc) is 1.58. The van der Waals surface area contributed by atoms with Crippen molar-refractivity contribution in [2.75, 3.05) is 37.8 Å². The molecule has 8 rings (SSSR count). The monoisotopic (exact) mass is 1660 g/mol. The molecule has 0 spiro atoms. The SMILES string of the molecule is CC1(CC(=O)SCCNC(=O)CCNC(=O)C(O)C(C)(C)COP(=O)(O)OP(=O)(O)OCC2OC(n3cnc4c(N)ncnc43)C(O)C2OP(=O)(O)O)C(CCC(=O)O)=C2/C=c3\[n-]c(c(CCC(=O)O)c3CC(=O)O)=Cc3[n-]c(c(CC(=O)O)c3CCC(=O)O)/C=C3/[N-]C(=C(CCC(=O)O)C3(C)CC(=O)O)/C=C/1[N-]2.[Fe+4]. The number of aliphatic carboxylic acids is 7. The second-order valence-electron chi connectivity index (χ2n) is 26.4. The van der Waals surface area contributed by atoms with E-state index in [0.29, 0.717) is 11.8 Å². The van der Waals surface area contributed by atoms with Crippen molar-refractivity contribution in [1.29, 1.82) is 0 Å². The summed E-state index contributed by atoms with van der Waals surface area (Å²) in [5.74, 6) is -11.6. The van der Waals surface area contributed by atoms with Crippen LogP contribution in [0.1, 0.15) is 125 Å². The van der Waals surface area contributed by atoms with Gasteiger partial charge in [0.25, 0.3) is 0 Å². The Morgan fingerprint density at radius 1 is 0.664 bits per heavy atom. The summed E-state index contributed by atoms with van der Waals surface area (Å²) in [6.07, 6.45) is -9.36. The van der Waals surface area contributed by atoms with Crippen molar-refractivity contribution in [2.24, 2.45) is 16.2 Å². The van der Waals surface area contributed by atoms with Gasteiger partial charge in [0, 0.05) is 68.2 Å². The quantitative estimate of drug-likeness (QED) is 0.0170. The van der Waals surface area contributed by atoms with Crippen LogP contribution in [0.15, 0.2) is 52.7 Å². The Labute approximate surface area is 636 Å². The number of aliphatic hydroxyl groups is 2. The number of nitrogens with two attached hydrogens (primary N) is 1. The number of aromatic nitrogens is 6. The number of hydrogen-bond acceptors (Lipinski definition) is 25. The number of ether oxygens (including phenoxy) is 1. The largest absolute Gasteiger partial charge is 4.00 e. The summed E-state index contributed by atoms with van der Waals surface area (Å²) in [6.45, 7) is 2.37. The minimum Gasteiger partial charge on any atom is -0.661 e. The molecule has 4 aliphatic rings. The van der Waals surface area contributed by atoms with Crippen LogP contribution in [-0.4, -0.2) is 200 Å². The summed E-state index contributed by atoms with van der Waals surface area (Å²) in [6, 6.07) is 0. The van der Waals surface area contributed by atoms with Gasteiger partial charge in [-0.15, -0.1) is 33.5 Å². The van der Waals surface area contributed by atoms with E-state index in [1.807, 2.05) is 0 Å². The molecular formula is C63H76FeN11O31P3S. The molecule has 110 heavy (non-hydrogen) atoms. The van der Waals surface area contributed by atoms with E-state index in [9.17, 15) is 127 Å². The van der Waals surface area contributed by atoms with Crippen LogP contribution in [0.5, 0.6) is 0 Å². The number of nitrogen functional groups attached to an aromatic ring is 1. The summed E-state index contributed by atoms with van der Waals surface area (Å²) in [4.78, 5) is 189. The maximum absolute atomic E-state index is 14.5. The Bertz CT molecular complexity index is 4740. The molecule has 42 nitrogen and oxygen atoms in total.